The third-order valence-electron chi connectivity index (χ3n) is 2.71. The van der Waals surface area contributed by atoms with Crippen LogP contribution >= 0.6 is 0 Å². The van der Waals surface area contributed by atoms with Gasteiger partial charge in [-0.1, -0.05) is 12.1 Å². The Morgan fingerprint density at radius 2 is 1.71 bits per heavy atom. The fourth-order valence-corrected chi connectivity index (χ4v) is 1.62. The van der Waals surface area contributed by atoms with Crippen LogP contribution in [0.5, 0.6) is 0 Å². The minimum Gasteiger partial charge on any atom is -0.398 e. The van der Waals surface area contributed by atoms with E-state index in [0.29, 0.717) is 0 Å². The quantitative estimate of drug-likeness (QED) is 0.552. The number of para-hydroxylation sites is 1. The van der Waals surface area contributed by atoms with Crippen molar-refractivity contribution in [1.82, 2.24) is 10.3 Å². The molecule has 1 heterocycles. The lowest BCUT2D eigenvalue weighted by Gasteiger charge is -2.06. The number of carbonyl (C=O) groups excluding carboxylic acids is 3. The Bertz CT molecular complexity index is 710. The van der Waals surface area contributed by atoms with Gasteiger partial charge >= 0.3 is 0 Å². The number of hydrogen-bond donors (Lipinski definition) is 3. The van der Waals surface area contributed by atoms with Gasteiger partial charge in [-0.05, 0) is 24.3 Å². The van der Waals surface area contributed by atoms with Crippen molar-refractivity contribution in [2.75, 3.05) is 5.73 Å². The maximum Gasteiger partial charge on any atom is 0.267 e. The molecule has 0 aliphatic heterocycles. The van der Waals surface area contributed by atoms with Gasteiger partial charge in [0.25, 0.3) is 17.7 Å². The molecule has 1 aromatic heterocycles. The molecule has 0 saturated carbocycles. The molecule has 5 N–H and O–H groups in total. The fraction of sp³-hybridized carbons (Fsp3) is 0. The number of benzene rings is 1. The van der Waals surface area contributed by atoms with Gasteiger partial charge in [-0.15, -0.1) is 0 Å². The third kappa shape index (κ3) is 3.21. The zero-order chi connectivity index (χ0) is 15.4. The lowest BCUT2D eigenvalue weighted by atomic mass is 10.1. The summed E-state index contributed by atoms with van der Waals surface area (Å²) in [6.45, 7) is 0. The number of hydrogen-bond acceptors (Lipinski definition) is 5. The van der Waals surface area contributed by atoms with E-state index < -0.39 is 17.7 Å². The Balaban J connectivity index is 2.13. The molecule has 0 spiro atoms. The van der Waals surface area contributed by atoms with Gasteiger partial charge < -0.3 is 11.5 Å². The Morgan fingerprint density at radius 1 is 1.00 bits per heavy atom. The van der Waals surface area contributed by atoms with Gasteiger partial charge in [0, 0.05) is 11.9 Å². The topological polar surface area (TPSA) is 128 Å². The van der Waals surface area contributed by atoms with E-state index in [9.17, 15) is 14.4 Å². The van der Waals surface area contributed by atoms with Gasteiger partial charge in [0.05, 0.1) is 11.1 Å². The summed E-state index contributed by atoms with van der Waals surface area (Å²) in [4.78, 5) is 38.4. The van der Waals surface area contributed by atoms with Crippen molar-refractivity contribution in [3.05, 3.63) is 59.4 Å². The fourth-order valence-electron chi connectivity index (χ4n) is 1.62. The molecule has 0 aliphatic carbocycles. The van der Waals surface area contributed by atoms with Crippen LogP contribution in [0.15, 0.2) is 42.6 Å². The smallest absolute Gasteiger partial charge is 0.267 e. The van der Waals surface area contributed by atoms with Crippen molar-refractivity contribution < 1.29 is 14.4 Å². The van der Waals surface area contributed by atoms with Crippen molar-refractivity contribution in [2.45, 2.75) is 0 Å². The van der Waals surface area contributed by atoms with Crippen LogP contribution < -0.4 is 16.8 Å². The van der Waals surface area contributed by atoms with E-state index >= 15 is 0 Å². The second-order valence-electron chi connectivity index (χ2n) is 4.17. The summed E-state index contributed by atoms with van der Waals surface area (Å²) in [5.41, 5.74) is 11.3. The van der Waals surface area contributed by atoms with E-state index in [-0.39, 0.29) is 22.5 Å². The van der Waals surface area contributed by atoms with E-state index in [0.717, 1.165) is 6.20 Å². The number of pyridine rings is 1. The second-order valence-corrected chi connectivity index (χ2v) is 4.17. The highest BCUT2D eigenvalue weighted by atomic mass is 16.2. The van der Waals surface area contributed by atoms with Crippen LogP contribution in [-0.2, 0) is 0 Å². The first kappa shape index (κ1) is 14.2. The van der Waals surface area contributed by atoms with Crippen LogP contribution in [0.3, 0.4) is 0 Å². The first-order chi connectivity index (χ1) is 9.99. The summed E-state index contributed by atoms with van der Waals surface area (Å²) in [5, 5.41) is 2.19. The number of nitrogens with zero attached hydrogens (tertiary/aromatic N) is 1. The lowest BCUT2D eigenvalue weighted by Crippen LogP contribution is -2.31. The van der Waals surface area contributed by atoms with Crippen molar-refractivity contribution in [3.63, 3.8) is 0 Å². The van der Waals surface area contributed by atoms with Gasteiger partial charge in [0.2, 0.25) is 0 Å². The molecular weight excluding hydrogens is 272 g/mol. The molecule has 0 bridgehead atoms. The minimum absolute atomic E-state index is 0.0326. The maximum absolute atomic E-state index is 11.9. The van der Waals surface area contributed by atoms with E-state index in [1.165, 1.54) is 18.2 Å². The number of nitrogens with two attached hydrogens (primary N) is 2. The highest BCUT2D eigenvalue weighted by Crippen LogP contribution is 2.10. The van der Waals surface area contributed by atoms with Crippen LogP contribution in [0.2, 0.25) is 0 Å². The van der Waals surface area contributed by atoms with Gasteiger partial charge in [-0.3, -0.25) is 24.7 Å². The van der Waals surface area contributed by atoms with Gasteiger partial charge in [0.15, 0.2) is 0 Å². The van der Waals surface area contributed by atoms with Gasteiger partial charge in [-0.2, -0.15) is 0 Å². The summed E-state index contributed by atoms with van der Waals surface area (Å²) in [7, 11) is 0. The zero-order valence-corrected chi connectivity index (χ0v) is 10.9. The summed E-state index contributed by atoms with van der Waals surface area (Å²) >= 11 is 0. The molecule has 3 amide bonds. The Labute approximate surface area is 120 Å². The second kappa shape index (κ2) is 5.83. The molecule has 2 aromatic rings. The number of imide groups is 1. The van der Waals surface area contributed by atoms with Crippen LogP contribution in [0.1, 0.15) is 31.2 Å². The Kier molecular flexibility index (Phi) is 3.94. The van der Waals surface area contributed by atoms with E-state index in [1.54, 1.807) is 18.2 Å². The maximum atomic E-state index is 11.9. The zero-order valence-electron chi connectivity index (χ0n) is 10.9. The average molecular weight is 284 g/mol. The number of amides is 3. The Hall–Kier alpha value is -3.22. The molecule has 7 heteroatoms. The predicted octanol–water partition coefficient (Wildman–Crippen LogP) is 0.333. The summed E-state index contributed by atoms with van der Waals surface area (Å²) in [6.07, 6.45) is 1.16. The first-order valence-electron chi connectivity index (χ1n) is 5.95. The van der Waals surface area contributed by atoms with Crippen molar-refractivity contribution in [3.8, 4) is 0 Å². The summed E-state index contributed by atoms with van der Waals surface area (Å²) in [5.74, 6) is -1.96. The van der Waals surface area contributed by atoms with Crippen LogP contribution in [0.25, 0.3) is 0 Å². The monoisotopic (exact) mass is 284 g/mol. The first-order valence-corrected chi connectivity index (χ1v) is 5.95. The Morgan fingerprint density at radius 3 is 2.29 bits per heavy atom. The molecule has 106 valence electrons. The SMILES string of the molecule is NC(=O)c1ccc(C(=O)NC(=O)c2ccccc2N)cn1. The number of carbonyl (C=O) groups is 3. The normalized spacial score (nSPS) is 9.90. The number of nitrogen functional groups attached to an aromatic ring is 1. The minimum atomic E-state index is -0.699. The largest absolute Gasteiger partial charge is 0.398 e. The standard InChI is InChI=1S/C14H12N4O3/c15-10-4-2-1-3-9(10)14(21)18-13(20)8-5-6-11(12(16)19)17-7-8/h1-7H,15H2,(H2,16,19)(H,18,20,21). The summed E-state index contributed by atoms with van der Waals surface area (Å²) in [6, 6.07) is 9.04. The highest BCUT2D eigenvalue weighted by Gasteiger charge is 2.14. The molecule has 0 unspecified atom stereocenters. The van der Waals surface area contributed by atoms with E-state index in [1.807, 2.05) is 0 Å². The molecule has 21 heavy (non-hydrogen) atoms. The van der Waals surface area contributed by atoms with Gasteiger partial charge in [0.1, 0.15) is 5.69 Å². The molecule has 0 aliphatic rings. The number of primary amides is 1. The predicted molar refractivity (Wildman–Crippen MR) is 75.4 cm³/mol. The van der Waals surface area contributed by atoms with Crippen LogP contribution in [0, 0.1) is 0 Å². The average Bonchev–Trinajstić information content (AvgIpc) is 2.47. The number of aromatic nitrogens is 1. The van der Waals surface area contributed by atoms with Crippen molar-refractivity contribution in [1.29, 1.82) is 0 Å². The number of nitrogens with one attached hydrogen (secondary N) is 1. The van der Waals surface area contributed by atoms with Crippen LogP contribution in [0.4, 0.5) is 5.69 Å². The molecule has 2 rings (SSSR count). The van der Waals surface area contributed by atoms with Crippen molar-refractivity contribution in [2.24, 2.45) is 5.73 Å². The molecule has 0 radical (unpaired) electrons. The number of rotatable bonds is 3. The molecule has 1 aromatic carbocycles. The molecule has 7 nitrogen and oxygen atoms in total. The van der Waals surface area contributed by atoms with E-state index in [2.05, 4.69) is 10.3 Å². The lowest BCUT2D eigenvalue weighted by molar-refractivity contribution is 0.0848. The highest BCUT2D eigenvalue weighted by molar-refractivity contribution is 6.12. The molecular formula is C14H12N4O3. The van der Waals surface area contributed by atoms with Gasteiger partial charge in [-0.25, -0.2) is 0 Å². The van der Waals surface area contributed by atoms with Crippen LogP contribution in [-0.4, -0.2) is 22.7 Å². The van der Waals surface area contributed by atoms with E-state index in [4.69, 9.17) is 11.5 Å². The summed E-state index contributed by atoms with van der Waals surface area (Å²) < 4.78 is 0. The third-order valence-corrected chi connectivity index (χ3v) is 2.71. The van der Waals surface area contributed by atoms with Crippen molar-refractivity contribution >= 4 is 23.4 Å². The molecule has 0 saturated heterocycles. The molecule has 0 fully saturated rings. The number of anilines is 1. The molecule has 0 atom stereocenters.